The van der Waals surface area contributed by atoms with E-state index in [1.807, 2.05) is 12.1 Å². The highest BCUT2D eigenvalue weighted by Gasteiger charge is 2.42. The van der Waals surface area contributed by atoms with Gasteiger partial charge < -0.3 is 10.5 Å². The van der Waals surface area contributed by atoms with E-state index in [0.29, 0.717) is 6.61 Å². The smallest absolute Gasteiger partial charge is 0.122 e. The van der Waals surface area contributed by atoms with E-state index in [1.165, 1.54) is 5.57 Å². The second kappa shape index (κ2) is 8.98. The summed E-state index contributed by atoms with van der Waals surface area (Å²) in [4.78, 5) is 0. The maximum atomic E-state index is 6.63. The third-order valence-electron chi connectivity index (χ3n) is 4.86. The Morgan fingerprint density at radius 3 is 1.88 bits per heavy atom. The van der Waals surface area contributed by atoms with Gasteiger partial charge in [0.25, 0.3) is 0 Å². The molecule has 0 aromatic heterocycles. The van der Waals surface area contributed by atoms with Crippen LogP contribution in [0.1, 0.15) is 45.2 Å². The fraction of sp³-hybridized carbons (Fsp3) is 0.391. The summed E-state index contributed by atoms with van der Waals surface area (Å²) in [5.74, 6) is 0.118. The van der Waals surface area contributed by atoms with E-state index in [-0.39, 0.29) is 12.0 Å². The first kappa shape index (κ1) is 19.4. The van der Waals surface area contributed by atoms with Gasteiger partial charge in [0, 0.05) is 18.6 Å². The van der Waals surface area contributed by atoms with Gasteiger partial charge in [0.05, 0.1) is 0 Å². The van der Waals surface area contributed by atoms with Gasteiger partial charge in [-0.15, -0.1) is 0 Å². The maximum absolute atomic E-state index is 6.63. The predicted octanol–water partition coefficient (Wildman–Crippen LogP) is 5.29. The molecule has 2 N–H and O–H groups in total. The zero-order chi connectivity index (χ0) is 18.3. The van der Waals surface area contributed by atoms with Crippen molar-refractivity contribution in [2.24, 2.45) is 11.7 Å². The van der Waals surface area contributed by atoms with Gasteiger partial charge in [-0.1, -0.05) is 79.2 Å². The van der Waals surface area contributed by atoms with E-state index in [9.17, 15) is 0 Å². The molecule has 0 saturated heterocycles. The third kappa shape index (κ3) is 4.39. The minimum absolute atomic E-state index is 0.00172. The van der Waals surface area contributed by atoms with E-state index in [4.69, 9.17) is 10.5 Å². The second-order valence-electron chi connectivity index (χ2n) is 6.87. The number of nitrogens with two attached hydrogens (primary N) is 1. The molecule has 0 fully saturated rings. The van der Waals surface area contributed by atoms with Crippen molar-refractivity contribution in [2.45, 2.75) is 45.8 Å². The average molecular weight is 338 g/mol. The molecule has 2 aromatic carbocycles. The molecule has 2 nitrogen and oxygen atoms in total. The van der Waals surface area contributed by atoms with Gasteiger partial charge in [0.1, 0.15) is 5.60 Å². The van der Waals surface area contributed by atoms with Crippen molar-refractivity contribution in [3.8, 4) is 0 Å². The number of allylic oxidation sites excluding steroid dienone is 1. The summed E-state index contributed by atoms with van der Waals surface area (Å²) in [5.41, 5.74) is 9.69. The standard InChI is InChI=1S/C23H31NO/c1-5-25-23(20-12-8-6-9-13-20,21-14-10-7-11-15-21)19(4)22(24)17-16-18(2)3/h6-16,19,22H,5,17,24H2,1-4H3. The Morgan fingerprint density at radius 1 is 1.00 bits per heavy atom. The molecule has 0 aliphatic carbocycles. The van der Waals surface area contributed by atoms with E-state index in [0.717, 1.165) is 17.5 Å². The Hall–Kier alpha value is -1.90. The van der Waals surface area contributed by atoms with Crippen molar-refractivity contribution < 1.29 is 4.74 Å². The van der Waals surface area contributed by atoms with Crippen molar-refractivity contribution in [2.75, 3.05) is 6.61 Å². The summed E-state index contributed by atoms with van der Waals surface area (Å²) in [6, 6.07) is 20.9. The maximum Gasteiger partial charge on any atom is 0.122 e. The quantitative estimate of drug-likeness (QED) is 0.665. The van der Waals surface area contributed by atoms with Crippen molar-refractivity contribution in [1.82, 2.24) is 0 Å². The molecule has 0 spiro atoms. The van der Waals surface area contributed by atoms with Crippen LogP contribution in [0, 0.1) is 5.92 Å². The lowest BCUT2D eigenvalue weighted by Gasteiger charge is -2.42. The van der Waals surface area contributed by atoms with Crippen LogP contribution in [0.15, 0.2) is 72.3 Å². The lowest BCUT2D eigenvalue weighted by Crippen LogP contribution is -2.46. The molecule has 2 atom stereocenters. The summed E-state index contributed by atoms with van der Waals surface area (Å²) < 4.78 is 6.49. The van der Waals surface area contributed by atoms with Crippen LogP contribution in [-0.2, 0) is 10.3 Å². The fourth-order valence-electron chi connectivity index (χ4n) is 3.47. The molecule has 0 saturated carbocycles. The molecule has 0 bridgehead atoms. The SMILES string of the molecule is CCOC(c1ccccc1)(c1ccccc1)C(C)C(N)CC=C(C)C. The van der Waals surface area contributed by atoms with Gasteiger partial charge in [-0.25, -0.2) is 0 Å². The predicted molar refractivity (Wildman–Crippen MR) is 106 cm³/mol. The van der Waals surface area contributed by atoms with Crippen LogP contribution in [0.4, 0.5) is 0 Å². The van der Waals surface area contributed by atoms with Crippen LogP contribution in [0.3, 0.4) is 0 Å². The van der Waals surface area contributed by atoms with Gasteiger partial charge in [0.2, 0.25) is 0 Å². The van der Waals surface area contributed by atoms with Crippen LogP contribution in [0.2, 0.25) is 0 Å². The highest BCUT2D eigenvalue weighted by atomic mass is 16.5. The van der Waals surface area contributed by atoms with Gasteiger partial charge in [0.15, 0.2) is 0 Å². The Morgan fingerprint density at radius 2 is 1.48 bits per heavy atom. The molecule has 0 heterocycles. The molecular weight excluding hydrogens is 306 g/mol. The Bertz CT molecular complexity index is 620. The lowest BCUT2D eigenvalue weighted by atomic mass is 9.73. The first-order valence-corrected chi connectivity index (χ1v) is 9.16. The fourth-order valence-corrected chi connectivity index (χ4v) is 3.47. The van der Waals surface area contributed by atoms with Crippen molar-refractivity contribution in [3.05, 3.63) is 83.4 Å². The van der Waals surface area contributed by atoms with E-state index >= 15 is 0 Å². The topological polar surface area (TPSA) is 35.2 Å². The zero-order valence-electron chi connectivity index (χ0n) is 15.9. The Kier molecular flexibility index (Phi) is 6.98. The molecule has 0 aliphatic heterocycles. The van der Waals surface area contributed by atoms with Gasteiger partial charge >= 0.3 is 0 Å². The van der Waals surface area contributed by atoms with Crippen LogP contribution in [-0.4, -0.2) is 12.6 Å². The number of hydrogen-bond donors (Lipinski definition) is 1. The number of benzene rings is 2. The van der Waals surface area contributed by atoms with Crippen molar-refractivity contribution in [3.63, 3.8) is 0 Å². The van der Waals surface area contributed by atoms with Gasteiger partial charge in [-0.3, -0.25) is 0 Å². The first-order chi connectivity index (χ1) is 12.0. The summed E-state index contributed by atoms with van der Waals surface area (Å²) >= 11 is 0. The average Bonchev–Trinajstić information content (AvgIpc) is 2.65. The molecule has 0 radical (unpaired) electrons. The second-order valence-corrected chi connectivity index (χ2v) is 6.87. The minimum Gasteiger partial charge on any atom is -0.365 e. The summed E-state index contributed by atoms with van der Waals surface area (Å²) in [6.45, 7) is 9.11. The zero-order valence-corrected chi connectivity index (χ0v) is 15.9. The van der Waals surface area contributed by atoms with E-state index in [1.54, 1.807) is 0 Å². The molecule has 0 aliphatic rings. The van der Waals surface area contributed by atoms with Crippen molar-refractivity contribution >= 4 is 0 Å². The van der Waals surface area contributed by atoms with Crippen LogP contribution in [0.25, 0.3) is 0 Å². The van der Waals surface area contributed by atoms with Crippen LogP contribution in [0.5, 0.6) is 0 Å². The Labute approximate surface area is 152 Å². The van der Waals surface area contributed by atoms with E-state index in [2.05, 4.69) is 82.3 Å². The number of rotatable bonds is 8. The monoisotopic (exact) mass is 337 g/mol. The largest absolute Gasteiger partial charge is 0.365 e. The van der Waals surface area contributed by atoms with Gasteiger partial charge in [-0.05, 0) is 38.3 Å². The highest BCUT2D eigenvalue weighted by Crippen LogP contribution is 2.42. The molecule has 0 amide bonds. The third-order valence-corrected chi connectivity index (χ3v) is 4.86. The molecule has 25 heavy (non-hydrogen) atoms. The lowest BCUT2D eigenvalue weighted by molar-refractivity contribution is -0.0580. The summed E-state index contributed by atoms with van der Waals surface area (Å²) in [5, 5.41) is 0. The first-order valence-electron chi connectivity index (χ1n) is 9.16. The molecule has 2 heteroatoms. The summed E-state index contributed by atoms with van der Waals surface area (Å²) in [6.07, 6.45) is 3.06. The molecule has 2 unspecified atom stereocenters. The molecule has 2 rings (SSSR count). The van der Waals surface area contributed by atoms with Crippen LogP contribution >= 0.6 is 0 Å². The van der Waals surface area contributed by atoms with Gasteiger partial charge in [-0.2, -0.15) is 0 Å². The minimum atomic E-state index is -0.549. The molecular formula is C23H31NO. The van der Waals surface area contributed by atoms with Crippen LogP contribution < -0.4 is 5.73 Å². The van der Waals surface area contributed by atoms with Crippen molar-refractivity contribution in [1.29, 1.82) is 0 Å². The number of hydrogen-bond acceptors (Lipinski definition) is 2. The highest BCUT2D eigenvalue weighted by molar-refractivity contribution is 5.38. The van der Waals surface area contributed by atoms with E-state index < -0.39 is 5.60 Å². The number of ether oxygens (including phenoxy) is 1. The normalized spacial score (nSPS) is 14.0. The molecule has 2 aromatic rings. The Balaban J connectivity index is 2.56. The molecule has 134 valence electrons. The summed E-state index contributed by atoms with van der Waals surface area (Å²) in [7, 11) is 0.